The maximum Gasteiger partial charge on any atom is 0.236 e. The minimum absolute atomic E-state index is 0.109. The molecule has 1 heterocycles. The van der Waals surface area contributed by atoms with Gasteiger partial charge in [-0.3, -0.25) is 9.69 Å². The van der Waals surface area contributed by atoms with Gasteiger partial charge in [-0.05, 0) is 26.3 Å². The maximum atomic E-state index is 11.8. The number of thiocarbonyl (C=S) groups is 1. The second-order valence-electron chi connectivity index (χ2n) is 4.29. The van der Waals surface area contributed by atoms with Gasteiger partial charge in [-0.25, -0.2) is 0 Å². The molecule has 0 saturated carbocycles. The molecule has 0 aromatic rings. The van der Waals surface area contributed by atoms with Crippen molar-refractivity contribution >= 4 is 23.1 Å². The summed E-state index contributed by atoms with van der Waals surface area (Å²) in [4.78, 5) is 16.2. The van der Waals surface area contributed by atoms with E-state index in [9.17, 15) is 4.79 Å². The normalized spacial score (nSPS) is 21.8. The molecule has 1 unspecified atom stereocenters. The van der Waals surface area contributed by atoms with Crippen LogP contribution in [0.2, 0.25) is 0 Å². The first-order valence-electron chi connectivity index (χ1n) is 5.83. The molecule has 0 radical (unpaired) electrons. The van der Waals surface area contributed by atoms with Crippen molar-refractivity contribution in [2.75, 3.05) is 26.7 Å². The average molecular weight is 243 g/mol. The molecule has 4 nitrogen and oxygen atoms in total. The van der Waals surface area contributed by atoms with Gasteiger partial charge in [-0.2, -0.15) is 0 Å². The number of carbonyl (C=O) groups is 1. The summed E-state index contributed by atoms with van der Waals surface area (Å²) < 4.78 is 0. The summed E-state index contributed by atoms with van der Waals surface area (Å²) in [6.45, 7) is 4.07. The van der Waals surface area contributed by atoms with Gasteiger partial charge >= 0.3 is 0 Å². The van der Waals surface area contributed by atoms with Crippen LogP contribution in [0.5, 0.6) is 0 Å². The Kier molecular flexibility index (Phi) is 5.15. The lowest BCUT2D eigenvalue weighted by atomic mass is 10.0. The Bertz CT molecular complexity index is 270. The monoisotopic (exact) mass is 243 g/mol. The zero-order chi connectivity index (χ0) is 12.1. The van der Waals surface area contributed by atoms with E-state index in [2.05, 4.69) is 4.90 Å². The van der Waals surface area contributed by atoms with Crippen molar-refractivity contribution < 1.29 is 4.79 Å². The Hall–Kier alpha value is -0.680. The third kappa shape index (κ3) is 3.42. The SMILES string of the molecule is CCN(C)C(=O)CN1CCCCC1C(N)=S. The van der Waals surface area contributed by atoms with Gasteiger partial charge in [-0.1, -0.05) is 18.6 Å². The first kappa shape index (κ1) is 13.4. The van der Waals surface area contributed by atoms with E-state index in [1.807, 2.05) is 14.0 Å². The summed E-state index contributed by atoms with van der Waals surface area (Å²) in [7, 11) is 1.82. The topological polar surface area (TPSA) is 49.6 Å². The summed E-state index contributed by atoms with van der Waals surface area (Å²) in [5.41, 5.74) is 5.71. The molecule has 1 rings (SSSR count). The van der Waals surface area contributed by atoms with Gasteiger partial charge in [0.05, 0.1) is 17.6 Å². The highest BCUT2D eigenvalue weighted by Gasteiger charge is 2.26. The van der Waals surface area contributed by atoms with E-state index in [1.54, 1.807) is 4.90 Å². The van der Waals surface area contributed by atoms with Gasteiger partial charge in [0.15, 0.2) is 0 Å². The van der Waals surface area contributed by atoms with E-state index in [1.165, 1.54) is 0 Å². The Morgan fingerprint density at radius 2 is 2.25 bits per heavy atom. The van der Waals surface area contributed by atoms with Crippen LogP contribution in [-0.4, -0.2) is 53.4 Å². The number of rotatable bonds is 4. The van der Waals surface area contributed by atoms with Crippen LogP contribution < -0.4 is 5.73 Å². The highest BCUT2D eigenvalue weighted by atomic mass is 32.1. The fraction of sp³-hybridized carbons (Fsp3) is 0.818. The predicted octanol–water partition coefficient (Wildman–Crippen LogP) is 0.605. The van der Waals surface area contributed by atoms with Crippen molar-refractivity contribution in [3.8, 4) is 0 Å². The van der Waals surface area contributed by atoms with Crippen molar-refractivity contribution in [3.63, 3.8) is 0 Å². The number of amides is 1. The molecule has 0 spiro atoms. The second-order valence-corrected chi connectivity index (χ2v) is 4.76. The van der Waals surface area contributed by atoms with Gasteiger partial charge in [0.1, 0.15) is 0 Å². The van der Waals surface area contributed by atoms with E-state index < -0.39 is 0 Å². The van der Waals surface area contributed by atoms with E-state index >= 15 is 0 Å². The van der Waals surface area contributed by atoms with E-state index in [0.717, 1.165) is 32.4 Å². The Morgan fingerprint density at radius 1 is 1.56 bits per heavy atom. The fourth-order valence-electron chi connectivity index (χ4n) is 1.97. The molecule has 1 saturated heterocycles. The lowest BCUT2D eigenvalue weighted by molar-refractivity contribution is -0.131. The molecular weight excluding hydrogens is 222 g/mol. The number of hydrogen-bond donors (Lipinski definition) is 1. The van der Waals surface area contributed by atoms with Crippen LogP contribution in [0.25, 0.3) is 0 Å². The van der Waals surface area contributed by atoms with Crippen LogP contribution in [-0.2, 0) is 4.79 Å². The molecule has 1 fully saturated rings. The summed E-state index contributed by atoms with van der Waals surface area (Å²) in [5, 5.41) is 0. The van der Waals surface area contributed by atoms with Crippen LogP contribution >= 0.6 is 12.2 Å². The van der Waals surface area contributed by atoms with Crippen LogP contribution in [0.1, 0.15) is 26.2 Å². The minimum atomic E-state index is 0.109. The smallest absolute Gasteiger partial charge is 0.236 e. The first-order chi connectivity index (χ1) is 7.56. The van der Waals surface area contributed by atoms with Crippen LogP contribution in [0.4, 0.5) is 0 Å². The fourth-order valence-corrected chi connectivity index (χ4v) is 2.24. The number of piperidine rings is 1. The van der Waals surface area contributed by atoms with Crippen LogP contribution in [0.3, 0.4) is 0 Å². The molecule has 5 heteroatoms. The number of nitrogens with two attached hydrogens (primary N) is 1. The molecular formula is C11H21N3OS. The van der Waals surface area contributed by atoms with Gasteiger partial charge in [-0.15, -0.1) is 0 Å². The number of carbonyl (C=O) groups excluding carboxylic acids is 1. The zero-order valence-electron chi connectivity index (χ0n) is 10.1. The maximum absolute atomic E-state index is 11.8. The summed E-state index contributed by atoms with van der Waals surface area (Å²) in [5.74, 6) is 0.144. The van der Waals surface area contributed by atoms with Gasteiger partial charge in [0.2, 0.25) is 5.91 Å². The molecule has 1 amide bonds. The number of likely N-dealkylation sites (tertiary alicyclic amines) is 1. The second kappa shape index (κ2) is 6.15. The molecule has 0 aromatic heterocycles. The number of nitrogens with zero attached hydrogens (tertiary/aromatic N) is 2. The molecule has 16 heavy (non-hydrogen) atoms. The zero-order valence-corrected chi connectivity index (χ0v) is 10.9. The predicted molar refractivity (Wildman–Crippen MR) is 69.3 cm³/mol. The summed E-state index contributed by atoms with van der Waals surface area (Å²) in [6, 6.07) is 0.109. The molecule has 92 valence electrons. The lowest BCUT2D eigenvalue weighted by Crippen LogP contribution is -2.50. The van der Waals surface area contributed by atoms with Crippen LogP contribution in [0, 0.1) is 0 Å². The van der Waals surface area contributed by atoms with Crippen molar-refractivity contribution in [2.45, 2.75) is 32.2 Å². The lowest BCUT2D eigenvalue weighted by Gasteiger charge is -2.35. The standard InChI is InChI=1S/C11H21N3OS/c1-3-13(2)10(15)8-14-7-5-4-6-9(14)11(12)16/h9H,3-8H2,1-2H3,(H2,12,16). The third-order valence-electron chi connectivity index (χ3n) is 3.18. The Morgan fingerprint density at radius 3 is 2.81 bits per heavy atom. The van der Waals surface area contributed by atoms with E-state index in [0.29, 0.717) is 11.5 Å². The molecule has 1 aliphatic heterocycles. The van der Waals surface area contributed by atoms with E-state index in [4.69, 9.17) is 18.0 Å². The highest BCUT2D eigenvalue weighted by Crippen LogP contribution is 2.17. The molecule has 0 bridgehead atoms. The molecule has 1 atom stereocenters. The number of hydrogen-bond acceptors (Lipinski definition) is 3. The van der Waals surface area contributed by atoms with Gasteiger partial charge in [0.25, 0.3) is 0 Å². The average Bonchev–Trinajstić information content (AvgIpc) is 2.28. The van der Waals surface area contributed by atoms with Crippen molar-refractivity contribution in [2.24, 2.45) is 5.73 Å². The third-order valence-corrected chi connectivity index (χ3v) is 3.45. The minimum Gasteiger partial charge on any atom is -0.392 e. The van der Waals surface area contributed by atoms with Gasteiger partial charge < -0.3 is 10.6 Å². The summed E-state index contributed by atoms with van der Waals surface area (Å²) in [6.07, 6.45) is 3.26. The van der Waals surface area contributed by atoms with Crippen molar-refractivity contribution in [3.05, 3.63) is 0 Å². The molecule has 0 aromatic carbocycles. The van der Waals surface area contributed by atoms with Crippen molar-refractivity contribution in [1.82, 2.24) is 9.80 Å². The number of likely N-dealkylation sites (N-methyl/N-ethyl adjacent to an activating group) is 1. The highest BCUT2D eigenvalue weighted by molar-refractivity contribution is 7.80. The molecule has 0 aliphatic carbocycles. The Labute approximate surface area is 103 Å². The molecule has 1 aliphatic rings. The largest absolute Gasteiger partial charge is 0.392 e. The van der Waals surface area contributed by atoms with Gasteiger partial charge in [0, 0.05) is 13.6 Å². The first-order valence-corrected chi connectivity index (χ1v) is 6.24. The Balaban J connectivity index is 2.56. The van der Waals surface area contributed by atoms with Crippen molar-refractivity contribution in [1.29, 1.82) is 0 Å². The quantitative estimate of drug-likeness (QED) is 0.735. The molecule has 2 N–H and O–H groups in total. The van der Waals surface area contributed by atoms with E-state index in [-0.39, 0.29) is 11.9 Å². The van der Waals surface area contributed by atoms with Crippen LogP contribution in [0.15, 0.2) is 0 Å². The summed E-state index contributed by atoms with van der Waals surface area (Å²) >= 11 is 5.05.